The minimum atomic E-state index is 0.0749. The smallest absolute Gasteiger partial charge is 0.234 e. The highest BCUT2D eigenvalue weighted by molar-refractivity contribution is 6.30. The molecule has 1 atom stereocenters. The monoisotopic (exact) mass is 385 g/mol. The molecule has 1 amide bonds. The number of amides is 1. The predicted octanol–water partition coefficient (Wildman–Crippen LogP) is 4.04. The Labute approximate surface area is 167 Å². The van der Waals surface area contributed by atoms with Crippen molar-refractivity contribution in [3.05, 3.63) is 64.7 Å². The maximum Gasteiger partial charge on any atom is 0.234 e. The second-order valence-electron chi connectivity index (χ2n) is 7.18. The first kappa shape index (κ1) is 19.7. The number of halogens is 1. The van der Waals surface area contributed by atoms with E-state index in [9.17, 15) is 4.79 Å². The summed E-state index contributed by atoms with van der Waals surface area (Å²) in [5.74, 6) is 0.0960. The van der Waals surface area contributed by atoms with E-state index in [4.69, 9.17) is 11.6 Å². The number of nitrogens with zero attached hydrogens (tertiary/aromatic N) is 2. The van der Waals surface area contributed by atoms with E-state index in [1.165, 1.54) is 11.1 Å². The van der Waals surface area contributed by atoms with Gasteiger partial charge in [0, 0.05) is 36.9 Å². The van der Waals surface area contributed by atoms with Gasteiger partial charge in [0.15, 0.2) is 0 Å². The lowest BCUT2D eigenvalue weighted by atomic mass is 10.0. The summed E-state index contributed by atoms with van der Waals surface area (Å²) in [4.78, 5) is 17.1. The number of rotatable bonds is 6. The van der Waals surface area contributed by atoms with Crippen LogP contribution in [-0.2, 0) is 4.79 Å². The van der Waals surface area contributed by atoms with E-state index in [-0.39, 0.29) is 11.9 Å². The van der Waals surface area contributed by atoms with Gasteiger partial charge in [0.25, 0.3) is 0 Å². The number of hydrogen-bond acceptors (Lipinski definition) is 3. The third-order valence-corrected chi connectivity index (χ3v) is 5.37. The average Bonchev–Trinajstić information content (AvgIpc) is 2.67. The normalized spacial score (nSPS) is 16.2. The summed E-state index contributed by atoms with van der Waals surface area (Å²) in [6.45, 7) is 8.20. The lowest BCUT2D eigenvalue weighted by molar-refractivity contribution is -0.123. The third-order valence-electron chi connectivity index (χ3n) is 5.14. The van der Waals surface area contributed by atoms with Crippen LogP contribution in [0.5, 0.6) is 0 Å². The number of carbonyl (C=O) groups is 1. The van der Waals surface area contributed by atoms with Crippen LogP contribution in [-0.4, -0.2) is 43.5 Å². The van der Waals surface area contributed by atoms with Crippen LogP contribution < -0.4 is 10.2 Å². The van der Waals surface area contributed by atoms with E-state index in [0.29, 0.717) is 6.54 Å². The molecule has 0 spiro atoms. The van der Waals surface area contributed by atoms with Gasteiger partial charge >= 0.3 is 0 Å². The average molecular weight is 386 g/mol. The fourth-order valence-corrected chi connectivity index (χ4v) is 3.68. The van der Waals surface area contributed by atoms with Gasteiger partial charge in [-0.05, 0) is 37.1 Å². The first-order valence-corrected chi connectivity index (χ1v) is 10.0. The zero-order chi connectivity index (χ0) is 19.2. The Morgan fingerprint density at radius 2 is 1.81 bits per heavy atom. The van der Waals surface area contributed by atoms with E-state index in [0.717, 1.165) is 43.3 Å². The van der Waals surface area contributed by atoms with Crippen LogP contribution in [0.15, 0.2) is 48.5 Å². The minimum absolute atomic E-state index is 0.0749. The van der Waals surface area contributed by atoms with E-state index < -0.39 is 0 Å². The van der Waals surface area contributed by atoms with Crippen LogP contribution in [0.2, 0.25) is 5.02 Å². The molecule has 4 nitrogen and oxygen atoms in total. The molecule has 0 unspecified atom stereocenters. The Balaban J connectivity index is 1.49. The summed E-state index contributed by atoms with van der Waals surface area (Å²) in [5, 5.41) is 3.95. The van der Waals surface area contributed by atoms with Gasteiger partial charge in [-0.3, -0.25) is 9.69 Å². The molecule has 144 valence electrons. The molecule has 0 aliphatic carbocycles. The van der Waals surface area contributed by atoms with Crippen LogP contribution in [0.25, 0.3) is 0 Å². The zero-order valence-corrected chi connectivity index (χ0v) is 16.9. The molecule has 5 heteroatoms. The molecule has 2 aromatic rings. The molecular formula is C22H28ClN3O. The maximum atomic E-state index is 12.5. The number of aryl methyl sites for hydroxylation is 1. The molecule has 0 radical (unpaired) electrons. The van der Waals surface area contributed by atoms with Crippen LogP contribution in [0.1, 0.15) is 30.5 Å². The number of benzene rings is 2. The molecule has 27 heavy (non-hydrogen) atoms. The quantitative estimate of drug-likeness (QED) is 0.815. The number of carbonyl (C=O) groups excluding carboxylic acids is 1. The number of nitrogens with one attached hydrogen (secondary N) is 1. The largest absolute Gasteiger partial charge is 0.369 e. The van der Waals surface area contributed by atoms with Gasteiger partial charge < -0.3 is 10.2 Å². The van der Waals surface area contributed by atoms with Crippen LogP contribution in [0, 0.1) is 6.92 Å². The summed E-state index contributed by atoms with van der Waals surface area (Å²) in [7, 11) is 0. The second-order valence-corrected chi connectivity index (χ2v) is 7.62. The van der Waals surface area contributed by atoms with Crippen molar-refractivity contribution < 1.29 is 4.79 Å². The van der Waals surface area contributed by atoms with Crippen molar-refractivity contribution in [3.63, 3.8) is 0 Å². The second kappa shape index (κ2) is 9.25. The standard InChI is InChI=1S/C22H28ClN3O/c1-3-21(18-9-7-17(2)8-10-18)24-22(27)16-25-11-13-26(14-12-25)20-6-4-5-19(23)15-20/h4-10,15,21H,3,11-14,16H2,1-2H3,(H,24,27)/t21-/m1/s1. The van der Waals surface area contributed by atoms with Crippen molar-refractivity contribution in [2.75, 3.05) is 37.6 Å². The number of piperazine rings is 1. The Morgan fingerprint density at radius 1 is 1.11 bits per heavy atom. The predicted molar refractivity (Wildman–Crippen MR) is 112 cm³/mol. The first-order valence-electron chi connectivity index (χ1n) is 9.64. The van der Waals surface area contributed by atoms with Gasteiger partial charge in [0.05, 0.1) is 12.6 Å². The summed E-state index contributed by atoms with van der Waals surface area (Å²) >= 11 is 6.09. The molecule has 0 bridgehead atoms. The Kier molecular flexibility index (Phi) is 6.75. The van der Waals surface area contributed by atoms with E-state index in [1.54, 1.807) is 0 Å². The zero-order valence-electron chi connectivity index (χ0n) is 16.1. The van der Waals surface area contributed by atoms with Gasteiger partial charge in [0.1, 0.15) is 0 Å². The lowest BCUT2D eigenvalue weighted by Gasteiger charge is -2.36. The molecule has 0 aromatic heterocycles. The van der Waals surface area contributed by atoms with E-state index in [2.05, 4.69) is 59.3 Å². The molecule has 1 saturated heterocycles. The molecule has 1 fully saturated rings. The molecule has 0 saturated carbocycles. The summed E-state index contributed by atoms with van der Waals surface area (Å²) < 4.78 is 0. The highest BCUT2D eigenvalue weighted by Gasteiger charge is 2.20. The van der Waals surface area contributed by atoms with Crippen LogP contribution in [0.4, 0.5) is 5.69 Å². The van der Waals surface area contributed by atoms with Crippen molar-refractivity contribution in [1.29, 1.82) is 0 Å². The Morgan fingerprint density at radius 3 is 2.44 bits per heavy atom. The maximum absolute atomic E-state index is 12.5. The fourth-order valence-electron chi connectivity index (χ4n) is 3.50. The Hall–Kier alpha value is -2.04. The van der Waals surface area contributed by atoms with Crippen molar-refractivity contribution in [2.24, 2.45) is 0 Å². The van der Waals surface area contributed by atoms with Crippen molar-refractivity contribution in [1.82, 2.24) is 10.2 Å². The Bertz CT molecular complexity index is 754. The molecule has 3 rings (SSSR count). The first-order chi connectivity index (χ1) is 13.0. The van der Waals surface area contributed by atoms with E-state index in [1.807, 2.05) is 18.2 Å². The molecule has 1 aliphatic rings. The summed E-state index contributed by atoms with van der Waals surface area (Å²) in [6.07, 6.45) is 0.886. The fraction of sp³-hybridized carbons (Fsp3) is 0.409. The van der Waals surface area contributed by atoms with Gasteiger partial charge in [-0.25, -0.2) is 0 Å². The number of anilines is 1. The van der Waals surface area contributed by atoms with Crippen molar-refractivity contribution in [2.45, 2.75) is 26.3 Å². The van der Waals surface area contributed by atoms with Gasteiger partial charge in [-0.15, -0.1) is 0 Å². The summed E-state index contributed by atoms with van der Waals surface area (Å²) in [6, 6.07) is 16.4. The topological polar surface area (TPSA) is 35.6 Å². The molecule has 1 heterocycles. The van der Waals surface area contributed by atoms with Crippen molar-refractivity contribution in [3.8, 4) is 0 Å². The van der Waals surface area contributed by atoms with Crippen molar-refractivity contribution >= 4 is 23.2 Å². The van der Waals surface area contributed by atoms with Crippen LogP contribution >= 0.6 is 11.6 Å². The summed E-state index contributed by atoms with van der Waals surface area (Å²) in [5.41, 5.74) is 3.55. The number of hydrogen-bond donors (Lipinski definition) is 1. The molecular weight excluding hydrogens is 358 g/mol. The third kappa shape index (κ3) is 5.47. The molecule has 2 aromatic carbocycles. The van der Waals surface area contributed by atoms with Crippen LogP contribution in [0.3, 0.4) is 0 Å². The van der Waals surface area contributed by atoms with Gasteiger partial charge in [-0.2, -0.15) is 0 Å². The van der Waals surface area contributed by atoms with Gasteiger partial charge in [0.2, 0.25) is 5.91 Å². The highest BCUT2D eigenvalue weighted by atomic mass is 35.5. The van der Waals surface area contributed by atoms with Gasteiger partial charge in [-0.1, -0.05) is 54.4 Å². The highest BCUT2D eigenvalue weighted by Crippen LogP contribution is 2.21. The van der Waals surface area contributed by atoms with E-state index >= 15 is 0 Å². The minimum Gasteiger partial charge on any atom is -0.369 e. The lowest BCUT2D eigenvalue weighted by Crippen LogP contribution is -2.49. The molecule has 1 N–H and O–H groups in total. The SMILES string of the molecule is CC[C@@H](NC(=O)CN1CCN(c2cccc(Cl)c2)CC1)c1ccc(C)cc1. The molecule has 1 aliphatic heterocycles.